The summed E-state index contributed by atoms with van der Waals surface area (Å²) in [5.41, 5.74) is 1.60. The van der Waals surface area contributed by atoms with Crippen molar-refractivity contribution >= 4 is 5.91 Å². The quantitative estimate of drug-likeness (QED) is 0.918. The third-order valence-electron chi connectivity index (χ3n) is 4.62. The van der Waals surface area contributed by atoms with E-state index < -0.39 is 0 Å². The fraction of sp³-hybridized carbons (Fsp3) is 0.688. The van der Waals surface area contributed by atoms with Crippen LogP contribution in [0, 0.1) is 5.92 Å². The molecule has 0 unspecified atom stereocenters. The van der Waals surface area contributed by atoms with Crippen molar-refractivity contribution < 1.29 is 4.79 Å². The summed E-state index contributed by atoms with van der Waals surface area (Å²) in [5.74, 6) is 0.982. The molecule has 2 heterocycles. The number of aromatic nitrogens is 2. The second kappa shape index (κ2) is 5.72. The molecular formula is C16H24N4O. The zero-order valence-electron chi connectivity index (χ0n) is 13.0. The maximum absolute atomic E-state index is 12.4. The van der Waals surface area contributed by atoms with Gasteiger partial charge in [-0.05, 0) is 38.7 Å². The lowest BCUT2D eigenvalue weighted by Gasteiger charge is -2.20. The van der Waals surface area contributed by atoms with Crippen LogP contribution in [0.15, 0.2) is 12.3 Å². The third kappa shape index (κ3) is 3.23. The monoisotopic (exact) mass is 288 g/mol. The van der Waals surface area contributed by atoms with E-state index in [9.17, 15) is 4.79 Å². The number of hydrogen-bond acceptors (Lipinski definition) is 4. The second-order valence-corrected chi connectivity index (χ2v) is 6.75. The number of nitrogens with zero attached hydrogens (tertiary/aromatic N) is 3. The Labute approximate surface area is 126 Å². The number of carbonyl (C=O) groups is 1. The molecule has 2 aliphatic rings. The highest BCUT2D eigenvalue weighted by molar-refractivity contribution is 5.94. The molecule has 2 atom stereocenters. The molecule has 1 aliphatic heterocycles. The molecule has 1 N–H and O–H groups in total. The summed E-state index contributed by atoms with van der Waals surface area (Å²) in [4.78, 5) is 14.8. The van der Waals surface area contributed by atoms with Crippen molar-refractivity contribution in [2.24, 2.45) is 5.92 Å². The first-order valence-corrected chi connectivity index (χ1v) is 7.92. The molecule has 21 heavy (non-hydrogen) atoms. The van der Waals surface area contributed by atoms with Gasteiger partial charge in [0, 0.05) is 31.1 Å². The predicted octanol–water partition coefficient (Wildman–Crippen LogP) is 1.81. The molecule has 1 aromatic rings. The maximum atomic E-state index is 12.4. The summed E-state index contributed by atoms with van der Waals surface area (Å²) in [6.07, 6.45) is 3.91. The van der Waals surface area contributed by atoms with Gasteiger partial charge in [-0.1, -0.05) is 6.92 Å². The van der Waals surface area contributed by atoms with Gasteiger partial charge in [0.15, 0.2) is 0 Å². The highest BCUT2D eigenvalue weighted by Crippen LogP contribution is 2.38. The first-order valence-electron chi connectivity index (χ1n) is 7.92. The minimum absolute atomic E-state index is 0.0192. The number of hydrogen-bond donors (Lipinski definition) is 1. The fourth-order valence-corrected chi connectivity index (χ4v) is 2.95. The summed E-state index contributed by atoms with van der Waals surface area (Å²) in [5, 5.41) is 11.3. The molecule has 1 saturated heterocycles. The maximum Gasteiger partial charge on any atom is 0.253 e. The van der Waals surface area contributed by atoms with Gasteiger partial charge in [-0.3, -0.25) is 9.69 Å². The minimum atomic E-state index is -0.0192. The number of rotatable bonds is 4. The standard InChI is InChI=1S/C16H24N4O/c1-10(2)20-8-11(3)15(9-20)18-16(21)13-6-14(12-4-5-12)19-17-7-13/h6-7,10-12,15H,4-5,8-9H2,1-3H3,(H,18,21)/t11-,15-/m1/s1. The topological polar surface area (TPSA) is 58.1 Å². The predicted molar refractivity (Wildman–Crippen MR) is 81.1 cm³/mol. The van der Waals surface area contributed by atoms with Crippen molar-refractivity contribution in [1.29, 1.82) is 0 Å². The average molecular weight is 288 g/mol. The Balaban J connectivity index is 1.64. The van der Waals surface area contributed by atoms with Gasteiger partial charge in [-0.25, -0.2) is 0 Å². The molecule has 1 aromatic heterocycles. The molecule has 0 spiro atoms. The van der Waals surface area contributed by atoms with Gasteiger partial charge in [0.05, 0.1) is 17.5 Å². The van der Waals surface area contributed by atoms with Gasteiger partial charge in [-0.2, -0.15) is 10.2 Å². The van der Waals surface area contributed by atoms with Crippen LogP contribution in [0.25, 0.3) is 0 Å². The average Bonchev–Trinajstić information content (AvgIpc) is 3.24. The second-order valence-electron chi connectivity index (χ2n) is 6.75. The summed E-state index contributed by atoms with van der Waals surface area (Å²) in [6, 6.07) is 2.65. The number of nitrogens with one attached hydrogen (secondary N) is 1. The van der Waals surface area contributed by atoms with E-state index in [1.165, 1.54) is 12.8 Å². The summed E-state index contributed by atoms with van der Waals surface area (Å²) >= 11 is 0. The molecular weight excluding hydrogens is 264 g/mol. The highest BCUT2D eigenvalue weighted by Gasteiger charge is 2.32. The molecule has 0 bridgehead atoms. The molecule has 0 aromatic carbocycles. The van der Waals surface area contributed by atoms with E-state index in [1.54, 1.807) is 6.20 Å². The Hall–Kier alpha value is -1.49. The van der Waals surface area contributed by atoms with Crippen LogP contribution in [0.5, 0.6) is 0 Å². The summed E-state index contributed by atoms with van der Waals surface area (Å²) < 4.78 is 0. The fourth-order valence-electron chi connectivity index (χ4n) is 2.95. The van der Waals surface area contributed by atoms with Crippen molar-refractivity contribution in [3.63, 3.8) is 0 Å². The Kier molecular flexibility index (Phi) is 3.93. The van der Waals surface area contributed by atoms with Crippen molar-refractivity contribution in [2.75, 3.05) is 13.1 Å². The molecule has 0 radical (unpaired) electrons. The van der Waals surface area contributed by atoms with Crippen LogP contribution in [0.2, 0.25) is 0 Å². The van der Waals surface area contributed by atoms with Crippen LogP contribution >= 0.6 is 0 Å². The molecule has 2 fully saturated rings. The highest BCUT2D eigenvalue weighted by atomic mass is 16.1. The zero-order valence-corrected chi connectivity index (χ0v) is 13.0. The lowest BCUT2D eigenvalue weighted by molar-refractivity contribution is 0.0930. The molecule has 5 nitrogen and oxygen atoms in total. The van der Waals surface area contributed by atoms with Crippen LogP contribution in [0.1, 0.15) is 55.6 Å². The first-order chi connectivity index (χ1) is 10.0. The van der Waals surface area contributed by atoms with Crippen LogP contribution in [0.4, 0.5) is 0 Å². The molecule has 1 amide bonds. The Morgan fingerprint density at radius 2 is 2.14 bits per heavy atom. The van der Waals surface area contributed by atoms with Gasteiger partial charge in [0.1, 0.15) is 0 Å². The SMILES string of the molecule is CC(C)N1C[C@@H](C)[C@H](NC(=O)c2cnnc(C3CC3)c2)C1. The number of likely N-dealkylation sites (tertiary alicyclic amines) is 1. The Morgan fingerprint density at radius 1 is 1.38 bits per heavy atom. The summed E-state index contributed by atoms with van der Waals surface area (Å²) in [7, 11) is 0. The lowest BCUT2D eigenvalue weighted by atomic mass is 10.1. The largest absolute Gasteiger partial charge is 0.348 e. The summed E-state index contributed by atoms with van der Waals surface area (Å²) in [6.45, 7) is 8.58. The van der Waals surface area contributed by atoms with Crippen LogP contribution in [-0.4, -0.2) is 46.2 Å². The minimum Gasteiger partial charge on any atom is -0.348 e. The van der Waals surface area contributed by atoms with Gasteiger partial charge in [0.25, 0.3) is 5.91 Å². The first kappa shape index (κ1) is 14.4. The van der Waals surface area contributed by atoms with Crippen molar-refractivity contribution in [3.05, 3.63) is 23.5 Å². The molecule has 5 heteroatoms. The molecule has 1 aliphatic carbocycles. The van der Waals surface area contributed by atoms with Crippen LogP contribution in [0.3, 0.4) is 0 Å². The van der Waals surface area contributed by atoms with E-state index in [1.807, 2.05) is 6.07 Å². The van der Waals surface area contributed by atoms with Gasteiger partial charge < -0.3 is 5.32 Å². The Bertz CT molecular complexity index is 527. The van der Waals surface area contributed by atoms with Crippen molar-refractivity contribution in [3.8, 4) is 0 Å². The van der Waals surface area contributed by atoms with E-state index in [0.717, 1.165) is 18.8 Å². The van der Waals surface area contributed by atoms with E-state index >= 15 is 0 Å². The molecule has 1 saturated carbocycles. The number of amides is 1. The van der Waals surface area contributed by atoms with E-state index in [4.69, 9.17) is 0 Å². The van der Waals surface area contributed by atoms with Crippen LogP contribution in [-0.2, 0) is 0 Å². The van der Waals surface area contributed by atoms with Crippen molar-refractivity contribution in [1.82, 2.24) is 20.4 Å². The van der Waals surface area contributed by atoms with Gasteiger partial charge in [-0.15, -0.1) is 0 Å². The number of carbonyl (C=O) groups excluding carboxylic acids is 1. The zero-order chi connectivity index (χ0) is 15.0. The third-order valence-corrected chi connectivity index (χ3v) is 4.62. The van der Waals surface area contributed by atoms with Crippen molar-refractivity contribution in [2.45, 2.75) is 51.6 Å². The van der Waals surface area contributed by atoms with Gasteiger partial charge in [0.2, 0.25) is 0 Å². The van der Waals surface area contributed by atoms with Crippen LogP contribution < -0.4 is 5.32 Å². The molecule has 3 rings (SSSR count). The smallest absolute Gasteiger partial charge is 0.253 e. The van der Waals surface area contributed by atoms with Gasteiger partial charge >= 0.3 is 0 Å². The normalized spacial score (nSPS) is 26.3. The lowest BCUT2D eigenvalue weighted by Crippen LogP contribution is -2.40. The van der Waals surface area contributed by atoms with E-state index in [0.29, 0.717) is 23.4 Å². The molecule has 114 valence electrons. The Morgan fingerprint density at radius 3 is 2.76 bits per heavy atom. The van der Waals surface area contributed by atoms with E-state index in [2.05, 4.69) is 41.2 Å². The van der Waals surface area contributed by atoms with E-state index in [-0.39, 0.29) is 11.9 Å².